The van der Waals surface area contributed by atoms with Crippen LogP contribution in [0, 0.1) is 6.92 Å². The van der Waals surface area contributed by atoms with Gasteiger partial charge in [-0.2, -0.15) is 13.2 Å². The summed E-state index contributed by atoms with van der Waals surface area (Å²) in [5.41, 5.74) is -1.76. The molecule has 1 aromatic carbocycles. The van der Waals surface area contributed by atoms with E-state index in [-0.39, 0.29) is 17.9 Å². The third-order valence-corrected chi connectivity index (χ3v) is 4.19. The number of alkyl halides is 3. The standard InChI is InChI=1S/C17H15F3N4O2/c1-10-6-7-21-13(22-10)9-24-14(25)16(2,23-15(24)26)11-4-3-5-12(8-11)17(18,19)20/h3-8H,9H2,1-2H3,(H,23,26). The van der Waals surface area contributed by atoms with Crippen LogP contribution in [0.25, 0.3) is 0 Å². The number of aromatic nitrogens is 2. The van der Waals surface area contributed by atoms with Crippen LogP contribution in [0.15, 0.2) is 36.5 Å². The number of halogens is 3. The number of hydrogen-bond donors (Lipinski definition) is 1. The SMILES string of the molecule is Cc1ccnc(CN2C(=O)NC(C)(c3cccc(C(F)(F)F)c3)C2=O)n1. The number of hydrogen-bond acceptors (Lipinski definition) is 4. The average Bonchev–Trinajstić information content (AvgIpc) is 2.79. The van der Waals surface area contributed by atoms with Crippen molar-refractivity contribution in [1.29, 1.82) is 0 Å². The molecule has 0 bridgehead atoms. The fourth-order valence-electron chi connectivity index (χ4n) is 2.76. The second kappa shape index (κ2) is 6.08. The van der Waals surface area contributed by atoms with Crippen molar-refractivity contribution >= 4 is 11.9 Å². The number of urea groups is 1. The van der Waals surface area contributed by atoms with E-state index in [1.807, 2.05) is 0 Å². The molecule has 1 aliphatic rings. The first-order valence-electron chi connectivity index (χ1n) is 7.71. The molecule has 0 aliphatic carbocycles. The Kier molecular flexibility index (Phi) is 4.17. The maximum absolute atomic E-state index is 13.0. The van der Waals surface area contributed by atoms with Gasteiger partial charge in [0.15, 0.2) is 0 Å². The molecule has 0 radical (unpaired) electrons. The third-order valence-electron chi connectivity index (χ3n) is 4.19. The minimum absolute atomic E-state index is 0.0540. The first-order valence-corrected chi connectivity index (χ1v) is 7.71. The van der Waals surface area contributed by atoms with Gasteiger partial charge in [-0.3, -0.25) is 9.69 Å². The molecule has 1 atom stereocenters. The van der Waals surface area contributed by atoms with E-state index in [4.69, 9.17) is 0 Å². The van der Waals surface area contributed by atoms with Gasteiger partial charge in [-0.05, 0) is 37.6 Å². The zero-order valence-electron chi connectivity index (χ0n) is 14.0. The highest BCUT2D eigenvalue weighted by Gasteiger charge is 2.49. The third kappa shape index (κ3) is 3.12. The van der Waals surface area contributed by atoms with Crippen molar-refractivity contribution in [1.82, 2.24) is 20.2 Å². The molecule has 0 spiro atoms. The molecule has 2 aromatic rings. The molecule has 9 heteroatoms. The number of aryl methyl sites for hydroxylation is 1. The van der Waals surface area contributed by atoms with E-state index in [0.29, 0.717) is 5.69 Å². The molecule has 3 amide bonds. The Morgan fingerprint density at radius 1 is 1.23 bits per heavy atom. The summed E-state index contributed by atoms with van der Waals surface area (Å²) < 4.78 is 38.9. The minimum Gasteiger partial charge on any atom is -0.319 e. The van der Waals surface area contributed by atoms with Crippen molar-refractivity contribution in [2.45, 2.75) is 32.1 Å². The van der Waals surface area contributed by atoms with Crippen molar-refractivity contribution in [3.63, 3.8) is 0 Å². The van der Waals surface area contributed by atoms with E-state index in [2.05, 4.69) is 15.3 Å². The molecule has 1 fully saturated rings. The normalized spacial score (nSPS) is 20.4. The molecule has 136 valence electrons. The molecule has 1 unspecified atom stereocenters. The summed E-state index contributed by atoms with van der Waals surface area (Å²) >= 11 is 0. The first-order chi connectivity index (χ1) is 12.1. The summed E-state index contributed by atoms with van der Waals surface area (Å²) in [7, 11) is 0. The Morgan fingerprint density at radius 2 is 1.96 bits per heavy atom. The van der Waals surface area contributed by atoms with Gasteiger partial charge in [0.2, 0.25) is 0 Å². The fourth-order valence-corrected chi connectivity index (χ4v) is 2.76. The van der Waals surface area contributed by atoms with Gasteiger partial charge >= 0.3 is 12.2 Å². The van der Waals surface area contributed by atoms with Gasteiger partial charge in [0.1, 0.15) is 11.4 Å². The first kappa shape index (κ1) is 17.8. The molecule has 1 aliphatic heterocycles. The van der Waals surface area contributed by atoms with Crippen molar-refractivity contribution in [2.24, 2.45) is 0 Å². The Labute approximate surface area is 147 Å². The van der Waals surface area contributed by atoms with E-state index in [1.54, 1.807) is 13.0 Å². The number of nitrogens with zero attached hydrogens (tertiary/aromatic N) is 3. The van der Waals surface area contributed by atoms with Crippen LogP contribution in [0.2, 0.25) is 0 Å². The van der Waals surface area contributed by atoms with E-state index >= 15 is 0 Å². The van der Waals surface area contributed by atoms with E-state index in [9.17, 15) is 22.8 Å². The molecule has 3 rings (SSSR count). The highest BCUT2D eigenvalue weighted by molar-refractivity contribution is 6.07. The summed E-state index contributed by atoms with van der Waals surface area (Å²) in [6.45, 7) is 2.95. The number of carbonyl (C=O) groups is 2. The largest absolute Gasteiger partial charge is 0.416 e. The lowest BCUT2D eigenvalue weighted by molar-refractivity contribution is -0.138. The van der Waals surface area contributed by atoms with Gasteiger partial charge in [-0.1, -0.05) is 12.1 Å². The number of benzene rings is 1. The highest BCUT2D eigenvalue weighted by atomic mass is 19.4. The predicted octanol–water partition coefficient (Wildman–Crippen LogP) is 2.77. The van der Waals surface area contributed by atoms with Crippen LogP contribution in [-0.2, 0) is 23.1 Å². The summed E-state index contributed by atoms with van der Waals surface area (Å²) in [5, 5.41) is 2.47. The summed E-state index contributed by atoms with van der Waals surface area (Å²) in [4.78, 5) is 34.1. The van der Waals surface area contributed by atoms with Gasteiger partial charge in [0, 0.05) is 11.9 Å². The zero-order valence-corrected chi connectivity index (χ0v) is 14.0. The van der Waals surface area contributed by atoms with Gasteiger partial charge < -0.3 is 5.32 Å². The van der Waals surface area contributed by atoms with Crippen molar-refractivity contribution < 1.29 is 22.8 Å². The lowest BCUT2D eigenvalue weighted by atomic mass is 9.90. The van der Waals surface area contributed by atoms with Crippen LogP contribution in [0.3, 0.4) is 0 Å². The van der Waals surface area contributed by atoms with Gasteiger partial charge in [0.05, 0.1) is 12.1 Å². The number of imide groups is 1. The lowest BCUT2D eigenvalue weighted by Gasteiger charge is -2.23. The van der Waals surface area contributed by atoms with Crippen LogP contribution in [-0.4, -0.2) is 26.8 Å². The maximum Gasteiger partial charge on any atom is 0.416 e. The summed E-state index contributed by atoms with van der Waals surface area (Å²) in [6, 6.07) is 5.31. The van der Waals surface area contributed by atoms with Gasteiger partial charge in [0.25, 0.3) is 5.91 Å². The summed E-state index contributed by atoms with van der Waals surface area (Å²) in [5.74, 6) is -0.395. The second-order valence-electron chi connectivity index (χ2n) is 6.14. The zero-order chi connectivity index (χ0) is 19.1. The van der Waals surface area contributed by atoms with Crippen molar-refractivity contribution in [3.8, 4) is 0 Å². The monoisotopic (exact) mass is 364 g/mol. The number of rotatable bonds is 3. The molecule has 1 aromatic heterocycles. The Balaban J connectivity index is 1.92. The van der Waals surface area contributed by atoms with Crippen molar-refractivity contribution in [3.05, 3.63) is 59.2 Å². The predicted molar refractivity (Wildman–Crippen MR) is 84.6 cm³/mol. The Bertz CT molecular complexity index is 884. The van der Waals surface area contributed by atoms with Crippen LogP contribution < -0.4 is 5.32 Å². The smallest absolute Gasteiger partial charge is 0.319 e. The number of amides is 3. The van der Waals surface area contributed by atoms with Crippen LogP contribution in [0.1, 0.15) is 29.6 Å². The molecule has 6 nitrogen and oxygen atoms in total. The highest BCUT2D eigenvalue weighted by Crippen LogP contribution is 2.34. The molecule has 2 heterocycles. The topological polar surface area (TPSA) is 75.2 Å². The molecule has 0 saturated carbocycles. The molecule has 1 N–H and O–H groups in total. The van der Waals surface area contributed by atoms with Gasteiger partial charge in [-0.15, -0.1) is 0 Å². The Morgan fingerprint density at radius 3 is 2.62 bits per heavy atom. The fraction of sp³-hybridized carbons (Fsp3) is 0.294. The summed E-state index contributed by atoms with van der Waals surface area (Å²) in [6.07, 6.45) is -3.05. The Hall–Kier alpha value is -2.97. The molecular formula is C17H15F3N4O2. The van der Waals surface area contributed by atoms with Crippen LogP contribution >= 0.6 is 0 Å². The van der Waals surface area contributed by atoms with E-state index in [0.717, 1.165) is 17.0 Å². The molecule has 1 saturated heterocycles. The van der Waals surface area contributed by atoms with E-state index in [1.165, 1.54) is 25.3 Å². The molecule has 26 heavy (non-hydrogen) atoms. The van der Waals surface area contributed by atoms with Crippen molar-refractivity contribution in [2.75, 3.05) is 0 Å². The maximum atomic E-state index is 13.0. The van der Waals surface area contributed by atoms with Crippen LogP contribution in [0.4, 0.5) is 18.0 Å². The number of carbonyl (C=O) groups excluding carboxylic acids is 2. The van der Waals surface area contributed by atoms with Gasteiger partial charge in [-0.25, -0.2) is 14.8 Å². The van der Waals surface area contributed by atoms with E-state index < -0.39 is 29.2 Å². The number of nitrogens with one attached hydrogen (secondary N) is 1. The average molecular weight is 364 g/mol. The van der Waals surface area contributed by atoms with Crippen LogP contribution in [0.5, 0.6) is 0 Å². The quantitative estimate of drug-likeness (QED) is 0.850. The minimum atomic E-state index is -4.55. The lowest BCUT2D eigenvalue weighted by Crippen LogP contribution is -2.41. The molecular weight excluding hydrogens is 349 g/mol. The second-order valence-corrected chi connectivity index (χ2v) is 6.14.